The lowest BCUT2D eigenvalue weighted by atomic mass is 10.1. The first-order valence-corrected chi connectivity index (χ1v) is 5.31. The summed E-state index contributed by atoms with van der Waals surface area (Å²) in [6.07, 6.45) is -1.25. The standard InChI is InChI=1S/C12H14FNO4/c1-6-3-4-8(13)5-9(6)11(16)14-10(7(2)15)12(17)18/h3-5,7,10,15H,1-2H3,(H,14,16)(H,17,18). The predicted octanol–water partition coefficient (Wildman–Crippen LogP) is 0.698. The number of hydrogen-bond acceptors (Lipinski definition) is 3. The lowest BCUT2D eigenvalue weighted by molar-refractivity contribution is -0.141. The van der Waals surface area contributed by atoms with Crippen LogP contribution in [0.15, 0.2) is 18.2 Å². The highest BCUT2D eigenvalue weighted by atomic mass is 19.1. The molecule has 3 N–H and O–H groups in total. The van der Waals surface area contributed by atoms with Crippen LogP contribution in [-0.2, 0) is 4.79 Å². The van der Waals surface area contributed by atoms with E-state index in [2.05, 4.69) is 5.32 Å². The van der Waals surface area contributed by atoms with Gasteiger partial charge in [-0.15, -0.1) is 0 Å². The van der Waals surface area contributed by atoms with Gasteiger partial charge in [0.05, 0.1) is 6.10 Å². The third kappa shape index (κ3) is 3.27. The zero-order chi connectivity index (χ0) is 13.9. The first-order valence-electron chi connectivity index (χ1n) is 5.31. The molecule has 0 radical (unpaired) electrons. The lowest BCUT2D eigenvalue weighted by Crippen LogP contribution is -2.47. The van der Waals surface area contributed by atoms with Gasteiger partial charge in [0, 0.05) is 5.56 Å². The van der Waals surface area contributed by atoms with Crippen molar-refractivity contribution in [3.8, 4) is 0 Å². The molecule has 0 spiro atoms. The number of halogens is 1. The number of nitrogens with one attached hydrogen (secondary N) is 1. The molecule has 1 amide bonds. The molecule has 1 aromatic carbocycles. The van der Waals surface area contributed by atoms with E-state index >= 15 is 0 Å². The molecule has 0 heterocycles. The van der Waals surface area contributed by atoms with Gasteiger partial charge >= 0.3 is 5.97 Å². The molecule has 18 heavy (non-hydrogen) atoms. The molecule has 0 aliphatic rings. The maximum atomic E-state index is 13.0. The molecule has 6 heteroatoms. The number of carboxylic acids is 1. The van der Waals surface area contributed by atoms with E-state index in [4.69, 9.17) is 5.11 Å². The van der Waals surface area contributed by atoms with Crippen LogP contribution in [0, 0.1) is 12.7 Å². The van der Waals surface area contributed by atoms with Crippen LogP contribution in [0.4, 0.5) is 4.39 Å². The molecule has 0 bridgehead atoms. The first kappa shape index (κ1) is 14.1. The van der Waals surface area contributed by atoms with Crippen molar-refractivity contribution in [1.82, 2.24) is 5.32 Å². The van der Waals surface area contributed by atoms with Gasteiger partial charge < -0.3 is 15.5 Å². The van der Waals surface area contributed by atoms with Crippen molar-refractivity contribution in [3.63, 3.8) is 0 Å². The average Bonchev–Trinajstić information content (AvgIpc) is 2.28. The van der Waals surface area contributed by atoms with Gasteiger partial charge in [0.2, 0.25) is 0 Å². The predicted molar refractivity (Wildman–Crippen MR) is 61.7 cm³/mol. The number of aliphatic hydroxyl groups excluding tert-OH is 1. The van der Waals surface area contributed by atoms with Crippen LogP contribution in [-0.4, -0.2) is 34.2 Å². The zero-order valence-corrected chi connectivity index (χ0v) is 9.98. The molecular formula is C12H14FNO4. The maximum absolute atomic E-state index is 13.0. The summed E-state index contributed by atoms with van der Waals surface area (Å²) in [6, 6.07) is 2.21. The van der Waals surface area contributed by atoms with Crippen LogP contribution >= 0.6 is 0 Å². The van der Waals surface area contributed by atoms with Crippen molar-refractivity contribution < 1.29 is 24.2 Å². The van der Waals surface area contributed by atoms with Crippen LogP contribution in [0.5, 0.6) is 0 Å². The summed E-state index contributed by atoms with van der Waals surface area (Å²) in [5, 5.41) is 20.2. The fourth-order valence-corrected chi connectivity index (χ4v) is 1.45. The second-order valence-corrected chi connectivity index (χ2v) is 3.99. The molecule has 1 aromatic rings. The molecule has 2 unspecified atom stereocenters. The maximum Gasteiger partial charge on any atom is 0.328 e. The van der Waals surface area contributed by atoms with E-state index in [0.29, 0.717) is 5.56 Å². The minimum absolute atomic E-state index is 0.0434. The Morgan fingerprint density at radius 1 is 1.39 bits per heavy atom. The summed E-state index contributed by atoms with van der Waals surface area (Å²) in [5.41, 5.74) is 0.561. The molecule has 98 valence electrons. The van der Waals surface area contributed by atoms with Crippen LogP contribution < -0.4 is 5.32 Å². The lowest BCUT2D eigenvalue weighted by Gasteiger charge is -2.17. The molecule has 0 saturated carbocycles. The number of aliphatic hydroxyl groups is 1. The van der Waals surface area contributed by atoms with Crippen molar-refractivity contribution in [2.75, 3.05) is 0 Å². The SMILES string of the molecule is Cc1ccc(F)cc1C(=O)NC(C(=O)O)C(C)O. The zero-order valence-electron chi connectivity index (χ0n) is 9.98. The fraction of sp³-hybridized carbons (Fsp3) is 0.333. The molecule has 0 fully saturated rings. The van der Waals surface area contributed by atoms with Crippen molar-refractivity contribution >= 4 is 11.9 Å². The van der Waals surface area contributed by atoms with Crippen LogP contribution in [0.25, 0.3) is 0 Å². The molecule has 0 saturated heterocycles. The Morgan fingerprint density at radius 3 is 2.50 bits per heavy atom. The summed E-state index contributed by atoms with van der Waals surface area (Å²) in [5.74, 6) is -2.68. The summed E-state index contributed by atoms with van der Waals surface area (Å²) >= 11 is 0. The molecule has 1 rings (SSSR count). The Kier molecular flexibility index (Phi) is 4.38. The number of aliphatic carboxylic acids is 1. The summed E-state index contributed by atoms with van der Waals surface area (Å²) in [4.78, 5) is 22.6. The third-order valence-corrected chi connectivity index (χ3v) is 2.48. The summed E-state index contributed by atoms with van der Waals surface area (Å²) < 4.78 is 13.0. The number of rotatable bonds is 4. The van der Waals surface area contributed by atoms with E-state index in [9.17, 15) is 19.1 Å². The molecule has 2 atom stereocenters. The number of carbonyl (C=O) groups is 2. The molecule has 0 aliphatic heterocycles. The normalized spacial score (nSPS) is 13.8. The van der Waals surface area contributed by atoms with Gasteiger partial charge in [0.15, 0.2) is 6.04 Å². The van der Waals surface area contributed by atoms with Gasteiger partial charge in [0.25, 0.3) is 5.91 Å². The Morgan fingerprint density at radius 2 is 2.00 bits per heavy atom. The minimum atomic E-state index is -1.43. The van der Waals surface area contributed by atoms with Gasteiger partial charge in [-0.2, -0.15) is 0 Å². The molecule has 5 nitrogen and oxygen atoms in total. The highest BCUT2D eigenvalue weighted by Gasteiger charge is 2.26. The van der Waals surface area contributed by atoms with E-state index in [1.807, 2.05) is 0 Å². The van der Waals surface area contributed by atoms with E-state index < -0.39 is 29.8 Å². The Bertz CT molecular complexity index is 473. The summed E-state index contributed by atoms with van der Waals surface area (Å²) in [6.45, 7) is 2.85. The fourth-order valence-electron chi connectivity index (χ4n) is 1.45. The van der Waals surface area contributed by atoms with Crippen molar-refractivity contribution in [1.29, 1.82) is 0 Å². The first-order chi connectivity index (χ1) is 8.32. The largest absolute Gasteiger partial charge is 0.480 e. The van der Waals surface area contributed by atoms with E-state index in [0.717, 1.165) is 6.07 Å². The Hall–Kier alpha value is -1.95. The van der Waals surface area contributed by atoms with Crippen molar-refractivity contribution in [2.45, 2.75) is 26.0 Å². The van der Waals surface area contributed by atoms with Gasteiger partial charge in [-0.05, 0) is 31.5 Å². The quantitative estimate of drug-likeness (QED) is 0.739. The number of carbonyl (C=O) groups excluding carboxylic acids is 1. The monoisotopic (exact) mass is 255 g/mol. The van der Waals surface area contributed by atoms with E-state index in [1.165, 1.54) is 19.1 Å². The highest BCUT2D eigenvalue weighted by molar-refractivity contribution is 5.97. The third-order valence-electron chi connectivity index (χ3n) is 2.48. The van der Waals surface area contributed by atoms with Gasteiger partial charge in [-0.25, -0.2) is 9.18 Å². The van der Waals surface area contributed by atoms with Gasteiger partial charge in [0.1, 0.15) is 5.82 Å². The second kappa shape index (κ2) is 5.59. The van der Waals surface area contributed by atoms with Crippen LogP contribution in [0.2, 0.25) is 0 Å². The Balaban J connectivity index is 2.94. The van der Waals surface area contributed by atoms with Crippen molar-refractivity contribution in [2.24, 2.45) is 0 Å². The highest BCUT2D eigenvalue weighted by Crippen LogP contribution is 2.10. The average molecular weight is 255 g/mol. The van der Waals surface area contributed by atoms with Gasteiger partial charge in [-0.1, -0.05) is 6.07 Å². The number of hydrogen-bond donors (Lipinski definition) is 3. The van der Waals surface area contributed by atoms with Crippen LogP contribution in [0.3, 0.4) is 0 Å². The molecular weight excluding hydrogens is 241 g/mol. The molecule has 0 aliphatic carbocycles. The van der Waals surface area contributed by atoms with Crippen molar-refractivity contribution in [3.05, 3.63) is 35.1 Å². The number of carboxylic acid groups (broad SMARTS) is 1. The summed E-state index contributed by atoms with van der Waals surface area (Å²) in [7, 11) is 0. The number of aryl methyl sites for hydroxylation is 1. The molecule has 0 aromatic heterocycles. The van der Waals surface area contributed by atoms with Crippen LogP contribution in [0.1, 0.15) is 22.8 Å². The number of benzene rings is 1. The van der Waals surface area contributed by atoms with Gasteiger partial charge in [-0.3, -0.25) is 4.79 Å². The van der Waals surface area contributed by atoms with E-state index in [-0.39, 0.29) is 5.56 Å². The van der Waals surface area contributed by atoms with E-state index in [1.54, 1.807) is 6.92 Å². The Labute approximate surface area is 103 Å². The second-order valence-electron chi connectivity index (χ2n) is 3.99. The minimum Gasteiger partial charge on any atom is -0.480 e. The number of amides is 1. The smallest absolute Gasteiger partial charge is 0.328 e. The topological polar surface area (TPSA) is 86.6 Å².